The Labute approximate surface area is 396 Å². The number of benzene rings is 4. The van der Waals surface area contributed by atoms with E-state index in [-0.39, 0.29) is 16.9 Å². The van der Waals surface area contributed by atoms with E-state index >= 15 is 0 Å². The standard InChI is InChI=1S/C30H31FN4O2.C25H23N5O2/c1-4-35-24-16-21(34-11-7-6-8-12-34)9-10-23(24)26-25-18(3)17-32-29(25)33-28(27(26)30(35)36)19-13-20(31)15-22(14-19)37-5-2;1-14-20-21-18-10-7-16(30-11-3-2-4-12-30)13-19(18)26-25(32)22(21)23(27-24(20)29-28-14)15-5-8-17(31)9-6-15/h9-10,13-17H,4-8,11-12H2,1-3H3,(H,32,33);5-10,13,31H,2-4,11-12H2,1H3,(H,26,32)(H,27,28,29). The van der Waals surface area contributed by atoms with Crippen molar-refractivity contribution in [2.45, 2.75) is 72.8 Å². The Bertz CT molecular complexity index is 3750. The summed E-state index contributed by atoms with van der Waals surface area (Å²) in [5, 5.41) is 23.6. The third-order valence-corrected chi connectivity index (χ3v) is 14.0. The summed E-state index contributed by atoms with van der Waals surface area (Å²) in [5.41, 5.74) is 9.16. The zero-order valence-corrected chi connectivity index (χ0v) is 39.3. The molecule has 2 saturated heterocycles. The highest BCUT2D eigenvalue weighted by Gasteiger charge is 2.24. The zero-order chi connectivity index (χ0) is 47.5. The molecular weight excluding hydrogens is 870 g/mol. The number of halogens is 1. The molecule has 350 valence electrons. The van der Waals surface area contributed by atoms with Crippen molar-refractivity contribution in [3.05, 3.63) is 123 Å². The summed E-state index contributed by atoms with van der Waals surface area (Å²) in [6.07, 6.45) is 9.22. The van der Waals surface area contributed by atoms with Crippen LogP contribution in [0.1, 0.15) is 63.6 Å². The van der Waals surface area contributed by atoms with E-state index in [2.05, 4.69) is 66.4 Å². The number of piperidine rings is 2. The van der Waals surface area contributed by atoms with E-state index in [1.165, 1.54) is 50.7 Å². The molecule has 0 amide bonds. The molecule has 0 spiro atoms. The first-order valence-corrected chi connectivity index (χ1v) is 24.2. The van der Waals surface area contributed by atoms with Gasteiger partial charge in [0, 0.05) is 100 Å². The van der Waals surface area contributed by atoms with Crippen LogP contribution in [-0.4, -0.2) is 72.6 Å². The molecule has 4 N–H and O–H groups in total. The van der Waals surface area contributed by atoms with Gasteiger partial charge >= 0.3 is 0 Å². The van der Waals surface area contributed by atoms with Crippen LogP contribution < -0.4 is 25.7 Å². The summed E-state index contributed by atoms with van der Waals surface area (Å²) in [6.45, 7) is 12.9. The topological polar surface area (TPSA) is 161 Å². The molecule has 10 aromatic rings. The molecule has 0 unspecified atom stereocenters. The third kappa shape index (κ3) is 7.67. The fraction of sp³-hybridized carbons (Fsp3) is 0.291. The van der Waals surface area contributed by atoms with Gasteiger partial charge < -0.3 is 34.2 Å². The second-order valence-corrected chi connectivity index (χ2v) is 18.3. The first-order valence-electron chi connectivity index (χ1n) is 24.2. The lowest BCUT2D eigenvalue weighted by atomic mass is 9.97. The number of anilines is 2. The van der Waals surface area contributed by atoms with Crippen LogP contribution in [0.15, 0.2) is 94.6 Å². The number of phenolic OH excluding ortho intramolecular Hbond substituents is 1. The summed E-state index contributed by atoms with van der Waals surface area (Å²) < 4.78 is 22.1. The molecular formula is C55H54FN9O4. The van der Waals surface area contributed by atoms with Gasteiger partial charge in [-0.1, -0.05) is 12.1 Å². The predicted octanol–water partition coefficient (Wildman–Crippen LogP) is 11.2. The third-order valence-electron chi connectivity index (χ3n) is 14.0. The number of fused-ring (bicyclic) bond motifs is 10. The number of rotatable bonds is 7. The summed E-state index contributed by atoms with van der Waals surface area (Å²) in [6, 6.07) is 24.1. The van der Waals surface area contributed by atoms with Crippen LogP contribution in [0.4, 0.5) is 15.8 Å². The van der Waals surface area contributed by atoms with Crippen LogP contribution in [0.25, 0.3) is 87.9 Å². The highest BCUT2D eigenvalue weighted by Crippen LogP contribution is 2.40. The van der Waals surface area contributed by atoms with Crippen molar-refractivity contribution in [1.29, 1.82) is 0 Å². The molecule has 14 heteroatoms. The molecule has 2 fully saturated rings. The lowest BCUT2D eigenvalue weighted by molar-refractivity contribution is 0.338. The van der Waals surface area contributed by atoms with Gasteiger partial charge in [0.2, 0.25) is 0 Å². The molecule has 12 rings (SSSR count). The van der Waals surface area contributed by atoms with Crippen molar-refractivity contribution in [3.8, 4) is 34.0 Å². The second-order valence-electron chi connectivity index (χ2n) is 18.3. The molecule has 0 radical (unpaired) electrons. The van der Waals surface area contributed by atoms with Gasteiger partial charge in [-0.05, 0) is 132 Å². The molecule has 0 bridgehead atoms. The minimum Gasteiger partial charge on any atom is -0.508 e. The van der Waals surface area contributed by atoms with E-state index in [0.717, 1.165) is 97.7 Å². The Kier molecular flexibility index (Phi) is 11.3. The first-order chi connectivity index (χ1) is 33.6. The molecule has 4 aromatic carbocycles. The first kappa shape index (κ1) is 43.8. The summed E-state index contributed by atoms with van der Waals surface area (Å²) in [4.78, 5) is 48.4. The monoisotopic (exact) mass is 923 g/mol. The molecule has 0 saturated carbocycles. The van der Waals surface area contributed by atoms with Gasteiger partial charge in [-0.2, -0.15) is 5.10 Å². The molecule has 69 heavy (non-hydrogen) atoms. The van der Waals surface area contributed by atoms with E-state index < -0.39 is 5.82 Å². The Balaban J connectivity index is 0.000000152. The van der Waals surface area contributed by atoms with Crippen molar-refractivity contribution in [2.24, 2.45) is 0 Å². The maximum absolute atomic E-state index is 14.7. The minimum absolute atomic E-state index is 0.118. The van der Waals surface area contributed by atoms with Crippen LogP contribution in [0.5, 0.6) is 11.5 Å². The lowest BCUT2D eigenvalue weighted by Crippen LogP contribution is -2.29. The van der Waals surface area contributed by atoms with Crippen molar-refractivity contribution >= 4 is 76.8 Å². The Morgan fingerprint density at radius 1 is 0.696 bits per heavy atom. The number of hydrogen-bond acceptors (Lipinski definition) is 9. The van der Waals surface area contributed by atoms with Crippen molar-refractivity contribution < 1.29 is 14.2 Å². The number of hydrogen-bond donors (Lipinski definition) is 4. The Morgan fingerprint density at radius 2 is 1.36 bits per heavy atom. The van der Waals surface area contributed by atoms with Gasteiger partial charge in [0.15, 0.2) is 5.65 Å². The lowest BCUT2D eigenvalue weighted by Gasteiger charge is -2.29. The average Bonchev–Trinajstić information content (AvgIpc) is 3.94. The maximum atomic E-state index is 14.7. The molecule has 13 nitrogen and oxygen atoms in total. The number of ether oxygens (including phenoxy) is 1. The highest BCUT2D eigenvalue weighted by molar-refractivity contribution is 6.23. The smallest absolute Gasteiger partial charge is 0.261 e. The van der Waals surface area contributed by atoms with Gasteiger partial charge in [-0.15, -0.1) is 0 Å². The SMILES string of the molecule is CCOc1cc(F)cc(-c2nc3[nH]cc(C)c3c3c2c(=O)n(CC)c2cc(N4CCCCC4)ccc32)c1.Cc1[nH]nc2nc(-c3ccc(O)cc3)c3c(=O)[nH]c4cc(N5CCCCC5)ccc4c3c12. The number of aromatic hydroxyl groups is 1. The fourth-order valence-electron chi connectivity index (χ4n) is 10.7. The molecule has 2 aliphatic heterocycles. The van der Waals surface area contributed by atoms with Crippen LogP contribution in [0.3, 0.4) is 0 Å². The van der Waals surface area contributed by atoms with Crippen LogP contribution in [0, 0.1) is 19.7 Å². The predicted molar refractivity (Wildman–Crippen MR) is 276 cm³/mol. The van der Waals surface area contributed by atoms with Gasteiger partial charge in [-0.25, -0.2) is 14.4 Å². The fourth-order valence-corrected chi connectivity index (χ4v) is 10.7. The average molecular weight is 924 g/mol. The molecule has 0 atom stereocenters. The quantitative estimate of drug-likeness (QED) is 0.114. The zero-order valence-electron chi connectivity index (χ0n) is 39.3. The number of pyridine rings is 4. The van der Waals surface area contributed by atoms with Crippen molar-refractivity contribution in [1.82, 2.24) is 34.7 Å². The molecule has 0 aliphatic carbocycles. The maximum Gasteiger partial charge on any atom is 0.261 e. The number of aromatic amines is 3. The van der Waals surface area contributed by atoms with E-state index in [9.17, 15) is 19.1 Å². The van der Waals surface area contributed by atoms with Crippen LogP contribution >= 0.6 is 0 Å². The highest BCUT2D eigenvalue weighted by atomic mass is 19.1. The summed E-state index contributed by atoms with van der Waals surface area (Å²) in [5.74, 6) is 0.152. The van der Waals surface area contributed by atoms with E-state index in [1.807, 2.05) is 38.5 Å². The summed E-state index contributed by atoms with van der Waals surface area (Å²) in [7, 11) is 0. The minimum atomic E-state index is -0.429. The largest absolute Gasteiger partial charge is 0.508 e. The summed E-state index contributed by atoms with van der Waals surface area (Å²) >= 11 is 0. The van der Waals surface area contributed by atoms with Crippen molar-refractivity contribution in [2.75, 3.05) is 42.6 Å². The second kappa shape index (κ2) is 17.7. The molecule has 8 heterocycles. The van der Waals surface area contributed by atoms with Crippen LogP contribution in [0.2, 0.25) is 0 Å². The molecule has 6 aromatic heterocycles. The van der Waals surface area contributed by atoms with E-state index in [0.29, 0.717) is 57.9 Å². The van der Waals surface area contributed by atoms with Gasteiger partial charge in [0.25, 0.3) is 11.1 Å². The normalized spacial score (nSPS) is 14.4. The number of aromatic nitrogens is 7. The number of phenols is 1. The number of aryl methyl sites for hydroxylation is 3. The number of nitrogens with zero attached hydrogens (tertiary/aromatic N) is 6. The molecule has 2 aliphatic rings. The van der Waals surface area contributed by atoms with Crippen LogP contribution in [-0.2, 0) is 6.54 Å². The Morgan fingerprint density at radius 3 is 2.06 bits per heavy atom. The number of nitrogens with one attached hydrogen (secondary N) is 3. The van der Waals surface area contributed by atoms with E-state index in [4.69, 9.17) is 14.7 Å². The Hall–Kier alpha value is -7.74. The van der Waals surface area contributed by atoms with Gasteiger partial charge in [-0.3, -0.25) is 14.7 Å². The number of H-pyrrole nitrogens is 3. The van der Waals surface area contributed by atoms with E-state index in [1.54, 1.807) is 30.3 Å². The van der Waals surface area contributed by atoms with Gasteiger partial charge in [0.1, 0.15) is 23.0 Å². The van der Waals surface area contributed by atoms with Crippen molar-refractivity contribution in [3.63, 3.8) is 0 Å². The van der Waals surface area contributed by atoms with Gasteiger partial charge in [0.05, 0.1) is 45.2 Å².